The lowest BCUT2D eigenvalue weighted by atomic mass is 10.1. The van der Waals surface area contributed by atoms with Gasteiger partial charge in [-0.1, -0.05) is 12.1 Å². The van der Waals surface area contributed by atoms with Gasteiger partial charge in [0.15, 0.2) is 12.4 Å². The second kappa shape index (κ2) is 6.20. The van der Waals surface area contributed by atoms with E-state index in [1.807, 2.05) is 49.7 Å². The number of ether oxygens (including phenoxy) is 1. The molecule has 0 saturated carbocycles. The molecule has 7 heteroatoms. The van der Waals surface area contributed by atoms with Crippen LogP contribution in [-0.4, -0.2) is 32.3 Å². The number of anilines is 1. The third kappa shape index (κ3) is 3.25. The summed E-state index contributed by atoms with van der Waals surface area (Å²) in [5.74, 6) is 1.12. The number of benzene rings is 1. The molecule has 1 aromatic carbocycles. The van der Waals surface area contributed by atoms with Crippen molar-refractivity contribution >= 4 is 23.7 Å². The Morgan fingerprint density at radius 2 is 2.20 bits per heavy atom. The van der Waals surface area contributed by atoms with Crippen molar-refractivity contribution in [1.82, 2.24) is 19.7 Å². The lowest BCUT2D eigenvalue weighted by Crippen LogP contribution is -2.25. The average Bonchev–Trinajstić information content (AvgIpc) is 3.06. The predicted octanol–water partition coefficient (Wildman–Crippen LogP) is 2.38. The Morgan fingerprint density at radius 1 is 1.28 bits per heavy atom. The summed E-state index contributed by atoms with van der Waals surface area (Å²) in [6, 6.07) is 7.45. The minimum Gasteiger partial charge on any atom is -0.482 e. The van der Waals surface area contributed by atoms with Gasteiger partial charge in [-0.2, -0.15) is 5.10 Å². The van der Waals surface area contributed by atoms with Crippen molar-refractivity contribution in [2.75, 3.05) is 11.9 Å². The van der Waals surface area contributed by atoms with Gasteiger partial charge in [0.25, 0.3) is 5.91 Å². The molecule has 3 heterocycles. The van der Waals surface area contributed by atoms with Crippen molar-refractivity contribution < 1.29 is 9.53 Å². The number of carbonyl (C=O) groups excluding carboxylic acids is 1. The van der Waals surface area contributed by atoms with E-state index >= 15 is 0 Å². The van der Waals surface area contributed by atoms with Gasteiger partial charge in [0.05, 0.1) is 17.6 Å². The Hall–Kier alpha value is -3.48. The van der Waals surface area contributed by atoms with Crippen molar-refractivity contribution in [3.05, 3.63) is 54.2 Å². The first-order valence-corrected chi connectivity index (χ1v) is 7.74. The van der Waals surface area contributed by atoms with Gasteiger partial charge in [-0.25, -0.2) is 9.97 Å². The zero-order valence-electron chi connectivity index (χ0n) is 13.5. The van der Waals surface area contributed by atoms with E-state index in [0.29, 0.717) is 17.3 Å². The summed E-state index contributed by atoms with van der Waals surface area (Å²) in [4.78, 5) is 20.2. The zero-order valence-corrected chi connectivity index (χ0v) is 13.5. The standard InChI is InChI=1S/C18H15N5O2/c1-23-10-13(9-20-23)14-6-7-19-17(21-14)5-3-12-2-4-16-15(8-12)22-18(24)11-25-16/h2-10H,11H2,1H3,(H,22,24)/b5-3+. The van der Waals surface area contributed by atoms with Crippen LogP contribution in [-0.2, 0) is 11.8 Å². The number of aryl methyl sites for hydroxylation is 1. The quantitative estimate of drug-likeness (QED) is 0.796. The molecule has 0 unspecified atom stereocenters. The number of rotatable bonds is 3. The highest BCUT2D eigenvalue weighted by molar-refractivity contribution is 5.95. The first-order valence-electron chi connectivity index (χ1n) is 7.74. The van der Waals surface area contributed by atoms with Crippen molar-refractivity contribution in [3.8, 4) is 17.0 Å². The topological polar surface area (TPSA) is 81.9 Å². The van der Waals surface area contributed by atoms with E-state index in [9.17, 15) is 4.79 Å². The van der Waals surface area contributed by atoms with Crippen LogP contribution in [0.5, 0.6) is 5.75 Å². The number of hydrogen-bond acceptors (Lipinski definition) is 5. The molecule has 0 fully saturated rings. The molecule has 25 heavy (non-hydrogen) atoms. The van der Waals surface area contributed by atoms with E-state index in [1.165, 1.54) is 0 Å². The van der Waals surface area contributed by atoms with Crippen LogP contribution in [0.2, 0.25) is 0 Å². The number of nitrogens with zero attached hydrogens (tertiary/aromatic N) is 4. The van der Waals surface area contributed by atoms with Crippen LogP contribution in [0.15, 0.2) is 42.9 Å². The van der Waals surface area contributed by atoms with E-state index in [4.69, 9.17) is 4.74 Å². The smallest absolute Gasteiger partial charge is 0.262 e. The average molecular weight is 333 g/mol. The third-order valence-corrected chi connectivity index (χ3v) is 3.74. The van der Waals surface area contributed by atoms with E-state index in [2.05, 4.69) is 20.4 Å². The Morgan fingerprint density at radius 3 is 3.04 bits per heavy atom. The van der Waals surface area contributed by atoms with Crippen LogP contribution in [0.3, 0.4) is 0 Å². The van der Waals surface area contributed by atoms with Crippen molar-refractivity contribution in [2.45, 2.75) is 0 Å². The molecule has 1 aliphatic heterocycles. The van der Waals surface area contributed by atoms with Crippen LogP contribution < -0.4 is 10.1 Å². The molecule has 4 rings (SSSR count). The van der Waals surface area contributed by atoms with Gasteiger partial charge < -0.3 is 10.1 Å². The second-order valence-corrected chi connectivity index (χ2v) is 5.63. The van der Waals surface area contributed by atoms with Crippen molar-refractivity contribution in [1.29, 1.82) is 0 Å². The SMILES string of the molecule is Cn1cc(-c2ccnc(/C=C/c3ccc4c(c3)NC(=O)CO4)n2)cn1. The fraction of sp³-hybridized carbons (Fsp3) is 0.111. The summed E-state index contributed by atoms with van der Waals surface area (Å²) < 4.78 is 7.08. The first kappa shape index (κ1) is 15.1. The largest absolute Gasteiger partial charge is 0.482 e. The summed E-state index contributed by atoms with van der Waals surface area (Å²) in [6.07, 6.45) is 9.11. The normalized spacial score (nSPS) is 13.4. The number of fused-ring (bicyclic) bond motifs is 1. The van der Waals surface area contributed by atoms with E-state index in [-0.39, 0.29) is 12.5 Å². The molecule has 1 amide bonds. The monoisotopic (exact) mass is 333 g/mol. The molecular weight excluding hydrogens is 318 g/mol. The summed E-state index contributed by atoms with van der Waals surface area (Å²) in [6.45, 7) is 0.0527. The predicted molar refractivity (Wildman–Crippen MR) is 93.7 cm³/mol. The van der Waals surface area contributed by atoms with Gasteiger partial charge in [-0.3, -0.25) is 9.48 Å². The van der Waals surface area contributed by atoms with Crippen LogP contribution in [0.4, 0.5) is 5.69 Å². The van der Waals surface area contributed by atoms with Crippen molar-refractivity contribution in [3.63, 3.8) is 0 Å². The lowest BCUT2D eigenvalue weighted by Gasteiger charge is -2.17. The Bertz CT molecular complexity index is 977. The van der Waals surface area contributed by atoms with Crippen LogP contribution >= 0.6 is 0 Å². The number of aromatic nitrogens is 4. The molecule has 0 atom stereocenters. The van der Waals surface area contributed by atoms with Gasteiger partial charge in [-0.05, 0) is 29.8 Å². The number of carbonyl (C=O) groups is 1. The minimum atomic E-state index is -0.152. The molecule has 1 N–H and O–H groups in total. The molecular formula is C18H15N5O2. The zero-order chi connectivity index (χ0) is 17.2. The van der Waals surface area contributed by atoms with Crippen molar-refractivity contribution in [2.24, 2.45) is 7.05 Å². The molecule has 7 nitrogen and oxygen atoms in total. The maximum absolute atomic E-state index is 11.4. The fourth-order valence-corrected chi connectivity index (χ4v) is 2.54. The van der Waals surface area contributed by atoms with Crippen LogP contribution in [0.25, 0.3) is 23.4 Å². The highest BCUT2D eigenvalue weighted by Crippen LogP contribution is 2.29. The molecule has 0 radical (unpaired) electrons. The summed E-state index contributed by atoms with van der Waals surface area (Å²) >= 11 is 0. The molecule has 3 aromatic rings. The first-order chi connectivity index (χ1) is 12.2. The minimum absolute atomic E-state index is 0.0527. The van der Waals surface area contributed by atoms with Crippen LogP contribution in [0.1, 0.15) is 11.4 Å². The third-order valence-electron chi connectivity index (χ3n) is 3.74. The molecule has 2 aromatic heterocycles. The van der Waals surface area contributed by atoms with Gasteiger partial charge in [-0.15, -0.1) is 0 Å². The van der Waals surface area contributed by atoms with E-state index in [1.54, 1.807) is 17.1 Å². The summed E-state index contributed by atoms with van der Waals surface area (Å²) in [5, 5.41) is 6.95. The number of hydrogen-bond donors (Lipinski definition) is 1. The van der Waals surface area contributed by atoms with Gasteiger partial charge in [0.1, 0.15) is 5.75 Å². The summed E-state index contributed by atoms with van der Waals surface area (Å²) in [5.41, 5.74) is 3.34. The highest BCUT2D eigenvalue weighted by Gasteiger charge is 2.15. The molecule has 0 saturated heterocycles. The molecule has 124 valence electrons. The van der Waals surface area contributed by atoms with Gasteiger partial charge in [0.2, 0.25) is 0 Å². The lowest BCUT2D eigenvalue weighted by molar-refractivity contribution is -0.118. The Labute approximate surface area is 144 Å². The van der Waals surface area contributed by atoms with E-state index in [0.717, 1.165) is 16.8 Å². The molecule has 0 spiro atoms. The molecule has 1 aliphatic rings. The van der Waals surface area contributed by atoms with Crippen LogP contribution in [0, 0.1) is 0 Å². The Balaban J connectivity index is 1.58. The van der Waals surface area contributed by atoms with Gasteiger partial charge in [0, 0.05) is 25.0 Å². The second-order valence-electron chi connectivity index (χ2n) is 5.63. The molecule has 0 aliphatic carbocycles. The van der Waals surface area contributed by atoms with Gasteiger partial charge >= 0.3 is 0 Å². The Kier molecular flexibility index (Phi) is 3.74. The highest BCUT2D eigenvalue weighted by atomic mass is 16.5. The maximum Gasteiger partial charge on any atom is 0.262 e. The maximum atomic E-state index is 11.4. The van der Waals surface area contributed by atoms with E-state index < -0.39 is 0 Å². The summed E-state index contributed by atoms with van der Waals surface area (Å²) in [7, 11) is 1.87. The number of amides is 1. The number of nitrogens with one attached hydrogen (secondary N) is 1. The molecule has 0 bridgehead atoms. The fourth-order valence-electron chi connectivity index (χ4n) is 2.54.